The lowest BCUT2D eigenvalue weighted by Crippen LogP contribution is -1.91. The van der Waals surface area contributed by atoms with Crippen LogP contribution in [0, 0.1) is 0 Å². The minimum absolute atomic E-state index is 0.795. The van der Waals surface area contributed by atoms with Gasteiger partial charge in [-0.2, -0.15) is 0 Å². The van der Waals surface area contributed by atoms with Gasteiger partial charge in [0.15, 0.2) is 5.16 Å². The fourth-order valence-electron chi connectivity index (χ4n) is 1.97. The molecule has 0 atom stereocenters. The van der Waals surface area contributed by atoms with E-state index in [1.165, 1.54) is 0 Å². The zero-order chi connectivity index (χ0) is 13.9. The number of nitrogen functional groups attached to an aromatic ring is 1. The van der Waals surface area contributed by atoms with E-state index in [2.05, 4.69) is 9.97 Å². The molecule has 0 saturated heterocycles. The average molecular weight is 285 g/mol. The van der Waals surface area contributed by atoms with Gasteiger partial charge in [0.2, 0.25) is 0 Å². The van der Waals surface area contributed by atoms with Gasteiger partial charge < -0.3 is 15.5 Å². The Hall–Kier alpha value is -2.14. The third kappa shape index (κ3) is 2.58. The molecule has 102 valence electrons. The number of thioether (sulfide) groups is 1. The van der Waals surface area contributed by atoms with Crippen LogP contribution in [-0.4, -0.2) is 17.1 Å². The minimum Gasteiger partial charge on any atom is -0.497 e. The van der Waals surface area contributed by atoms with Crippen LogP contribution in [0.15, 0.2) is 47.6 Å². The smallest absolute Gasteiger partial charge is 0.166 e. The Labute approximate surface area is 121 Å². The fourth-order valence-corrected chi connectivity index (χ4v) is 2.87. The molecule has 0 aliphatic heterocycles. The Morgan fingerprint density at radius 3 is 2.90 bits per heavy atom. The number of para-hydroxylation sites is 1. The number of rotatable bonds is 4. The molecule has 0 unspecified atom stereocenters. The van der Waals surface area contributed by atoms with Crippen LogP contribution in [0.5, 0.6) is 5.75 Å². The standard InChI is InChI=1S/C15H15N3OS/c1-19-11-6-7-13-14(8-11)18-15(17-13)20-9-10-4-2-3-5-12(10)16/h2-8H,9,16H2,1H3,(H,17,18). The van der Waals surface area contributed by atoms with Crippen LogP contribution in [0.4, 0.5) is 5.69 Å². The summed E-state index contributed by atoms with van der Waals surface area (Å²) >= 11 is 1.64. The molecule has 0 aliphatic rings. The van der Waals surface area contributed by atoms with Crippen LogP contribution < -0.4 is 10.5 Å². The Kier molecular flexibility index (Phi) is 3.52. The maximum atomic E-state index is 5.94. The first-order valence-corrected chi connectivity index (χ1v) is 7.25. The van der Waals surface area contributed by atoms with E-state index in [9.17, 15) is 0 Å². The molecule has 3 rings (SSSR count). The quantitative estimate of drug-likeness (QED) is 0.569. The van der Waals surface area contributed by atoms with Gasteiger partial charge in [0.1, 0.15) is 5.75 Å². The Balaban J connectivity index is 1.79. The number of anilines is 1. The van der Waals surface area contributed by atoms with Gasteiger partial charge in [-0.1, -0.05) is 30.0 Å². The van der Waals surface area contributed by atoms with Gasteiger partial charge in [0.05, 0.1) is 18.1 Å². The molecule has 0 amide bonds. The summed E-state index contributed by atoms with van der Waals surface area (Å²) in [4.78, 5) is 7.84. The van der Waals surface area contributed by atoms with Crippen molar-refractivity contribution in [3.8, 4) is 5.75 Å². The second-order valence-electron chi connectivity index (χ2n) is 4.41. The molecule has 0 fully saturated rings. The number of hydrogen-bond acceptors (Lipinski definition) is 4. The second kappa shape index (κ2) is 5.46. The summed E-state index contributed by atoms with van der Waals surface area (Å²) in [5.41, 5.74) is 9.79. The van der Waals surface area contributed by atoms with Gasteiger partial charge in [-0.3, -0.25) is 0 Å². The van der Waals surface area contributed by atoms with Crippen LogP contribution in [0.2, 0.25) is 0 Å². The molecule has 20 heavy (non-hydrogen) atoms. The number of nitrogens with two attached hydrogens (primary N) is 1. The van der Waals surface area contributed by atoms with E-state index in [1.807, 2.05) is 42.5 Å². The number of benzene rings is 2. The number of ether oxygens (including phenoxy) is 1. The van der Waals surface area contributed by atoms with Crippen molar-refractivity contribution in [2.24, 2.45) is 0 Å². The highest BCUT2D eigenvalue weighted by atomic mass is 32.2. The van der Waals surface area contributed by atoms with Gasteiger partial charge in [-0.05, 0) is 23.8 Å². The summed E-state index contributed by atoms with van der Waals surface area (Å²) in [7, 11) is 1.65. The molecule has 3 N–H and O–H groups in total. The molecular formula is C15H15N3OS. The van der Waals surface area contributed by atoms with Crippen LogP contribution in [0.1, 0.15) is 5.56 Å². The summed E-state index contributed by atoms with van der Waals surface area (Å²) in [6.07, 6.45) is 0. The summed E-state index contributed by atoms with van der Waals surface area (Å²) in [6.45, 7) is 0. The molecule has 5 heteroatoms. The molecule has 0 bridgehead atoms. The summed E-state index contributed by atoms with van der Waals surface area (Å²) < 4.78 is 5.20. The zero-order valence-corrected chi connectivity index (χ0v) is 11.9. The zero-order valence-electron chi connectivity index (χ0n) is 11.1. The van der Waals surface area contributed by atoms with E-state index >= 15 is 0 Å². The molecule has 1 heterocycles. The molecule has 4 nitrogen and oxygen atoms in total. The van der Waals surface area contributed by atoms with Crippen molar-refractivity contribution >= 4 is 28.5 Å². The summed E-state index contributed by atoms with van der Waals surface area (Å²) in [5, 5.41) is 0.886. The third-order valence-corrected chi connectivity index (χ3v) is 4.01. The van der Waals surface area contributed by atoms with Crippen molar-refractivity contribution in [1.82, 2.24) is 9.97 Å². The van der Waals surface area contributed by atoms with Gasteiger partial charge >= 0.3 is 0 Å². The number of nitrogens with zero attached hydrogens (tertiary/aromatic N) is 1. The predicted molar refractivity (Wildman–Crippen MR) is 83.1 cm³/mol. The SMILES string of the molecule is COc1ccc2[nH]c(SCc3ccccc3N)nc2c1. The molecule has 0 aliphatic carbocycles. The van der Waals surface area contributed by atoms with E-state index in [4.69, 9.17) is 10.5 Å². The molecular weight excluding hydrogens is 270 g/mol. The van der Waals surface area contributed by atoms with Crippen molar-refractivity contribution in [2.45, 2.75) is 10.9 Å². The molecule has 2 aromatic carbocycles. The van der Waals surface area contributed by atoms with Crippen molar-refractivity contribution in [3.05, 3.63) is 48.0 Å². The maximum absolute atomic E-state index is 5.94. The van der Waals surface area contributed by atoms with Crippen LogP contribution in [0.25, 0.3) is 11.0 Å². The fraction of sp³-hybridized carbons (Fsp3) is 0.133. The van der Waals surface area contributed by atoms with Gasteiger partial charge in [0.25, 0.3) is 0 Å². The lowest BCUT2D eigenvalue weighted by Gasteiger charge is -2.02. The second-order valence-corrected chi connectivity index (χ2v) is 5.38. The monoisotopic (exact) mass is 285 g/mol. The molecule has 1 aromatic heterocycles. The van der Waals surface area contributed by atoms with E-state index < -0.39 is 0 Å². The normalized spacial score (nSPS) is 10.8. The highest BCUT2D eigenvalue weighted by molar-refractivity contribution is 7.98. The van der Waals surface area contributed by atoms with Crippen LogP contribution in [-0.2, 0) is 5.75 Å². The third-order valence-electron chi connectivity index (χ3n) is 3.09. The van der Waals surface area contributed by atoms with E-state index in [-0.39, 0.29) is 0 Å². The number of imidazole rings is 1. The van der Waals surface area contributed by atoms with E-state index in [0.29, 0.717) is 0 Å². The molecule has 3 aromatic rings. The number of aromatic nitrogens is 2. The van der Waals surface area contributed by atoms with Crippen molar-refractivity contribution in [2.75, 3.05) is 12.8 Å². The van der Waals surface area contributed by atoms with Crippen molar-refractivity contribution in [3.63, 3.8) is 0 Å². The number of hydrogen-bond donors (Lipinski definition) is 2. The maximum Gasteiger partial charge on any atom is 0.166 e. The molecule has 0 spiro atoms. The highest BCUT2D eigenvalue weighted by Gasteiger charge is 2.06. The molecule has 0 saturated carbocycles. The number of fused-ring (bicyclic) bond motifs is 1. The number of nitrogens with one attached hydrogen (secondary N) is 1. The van der Waals surface area contributed by atoms with E-state index in [0.717, 1.165) is 38.9 Å². The first kappa shape index (κ1) is 12.9. The average Bonchev–Trinajstić information content (AvgIpc) is 2.88. The summed E-state index contributed by atoms with van der Waals surface area (Å²) in [5.74, 6) is 1.61. The lowest BCUT2D eigenvalue weighted by molar-refractivity contribution is 0.415. The largest absolute Gasteiger partial charge is 0.497 e. The van der Waals surface area contributed by atoms with Crippen LogP contribution >= 0.6 is 11.8 Å². The lowest BCUT2D eigenvalue weighted by atomic mass is 10.2. The van der Waals surface area contributed by atoms with Crippen molar-refractivity contribution in [1.29, 1.82) is 0 Å². The Morgan fingerprint density at radius 1 is 1.25 bits per heavy atom. The summed E-state index contributed by atoms with van der Waals surface area (Å²) in [6, 6.07) is 13.7. The highest BCUT2D eigenvalue weighted by Crippen LogP contribution is 2.26. The molecule has 0 radical (unpaired) electrons. The topological polar surface area (TPSA) is 63.9 Å². The van der Waals surface area contributed by atoms with Gasteiger partial charge in [-0.15, -0.1) is 0 Å². The minimum atomic E-state index is 0.795. The van der Waals surface area contributed by atoms with Crippen molar-refractivity contribution < 1.29 is 4.74 Å². The number of H-pyrrole nitrogens is 1. The number of aromatic amines is 1. The van der Waals surface area contributed by atoms with Gasteiger partial charge in [-0.25, -0.2) is 4.98 Å². The first-order chi connectivity index (χ1) is 9.76. The van der Waals surface area contributed by atoms with Crippen LogP contribution in [0.3, 0.4) is 0 Å². The first-order valence-electron chi connectivity index (χ1n) is 6.26. The Morgan fingerprint density at radius 2 is 2.10 bits per heavy atom. The van der Waals surface area contributed by atoms with E-state index in [1.54, 1.807) is 18.9 Å². The van der Waals surface area contributed by atoms with Gasteiger partial charge in [0, 0.05) is 17.5 Å². The Bertz CT molecular complexity index is 739. The number of methoxy groups -OCH3 is 1. The predicted octanol–water partition coefficient (Wildman–Crippen LogP) is 3.45.